The molecule has 126 valence electrons. The van der Waals surface area contributed by atoms with Gasteiger partial charge in [0.25, 0.3) is 10.0 Å². The third kappa shape index (κ3) is 3.70. The Balaban J connectivity index is 2.43. The van der Waals surface area contributed by atoms with E-state index < -0.39 is 32.9 Å². The number of nitrogens with one attached hydrogen (secondary N) is 1. The smallest absolute Gasteiger partial charge is 0.321 e. The lowest BCUT2D eigenvalue weighted by atomic mass is 10.1. The maximum Gasteiger partial charge on any atom is 0.321 e. The molecule has 6 nitrogen and oxygen atoms in total. The van der Waals surface area contributed by atoms with Crippen molar-refractivity contribution in [1.29, 1.82) is 0 Å². The van der Waals surface area contributed by atoms with Crippen LogP contribution < -0.4 is 4.72 Å². The van der Waals surface area contributed by atoms with Gasteiger partial charge >= 0.3 is 5.97 Å². The first-order chi connectivity index (χ1) is 10.6. The highest BCUT2D eigenvalue weighted by molar-refractivity contribution is 7.89. The van der Waals surface area contributed by atoms with Crippen LogP contribution >= 0.6 is 0 Å². The van der Waals surface area contributed by atoms with Crippen LogP contribution in [0.1, 0.15) is 25.8 Å². The highest BCUT2D eigenvalue weighted by Crippen LogP contribution is 2.29. The fourth-order valence-corrected chi connectivity index (χ4v) is 3.73. The van der Waals surface area contributed by atoms with Gasteiger partial charge in [-0.2, -0.15) is 4.72 Å². The third-order valence-corrected chi connectivity index (χ3v) is 4.87. The average Bonchev–Trinajstić information content (AvgIpc) is 2.75. The third-order valence-electron chi connectivity index (χ3n) is 3.40. The van der Waals surface area contributed by atoms with Crippen molar-refractivity contribution in [2.45, 2.75) is 38.3 Å². The molecule has 0 radical (unpaired) electrons. The SMILES string of the molecule is Cc1c(S(=O)(=O)N[C@H](CC(C)C)C(=O)O)oc2ccc(F)cc12. The van der Waals surface area contributed by atoms with Gasteiger partial charge in [0.1, 0.15) is 17.4 Å². The van der Waals surface area contributed by atoms with Gasteiger partial charge in [-0.05, 0) is 37.5 Å². The molecule has 0 aliphatic rings. The van der Waals surface area contributed by atoms with E-state index >= 15 is 0 Å². The Kier molecular flexibility index (Phi) is 4.76. The van der Waals surface area contributed by atoms with Crippen molar-refractivity contribution < 1.29 is 27.1 Å². The van der Waals surface area contributed by atoms with Crippen LogP contribution in [0.15, 0.2) is 27.7 Å². The number of rotatable bonds is 6. The summed E-state index contributed by atoms with van der Waals surface area (Å²) < 4.78 is 45.6. The summed E-state index contributed by atoms with van der Waals surface area (Å²) in [5.74, 6) is -1.78. The summed E-state index contributed by atoms with van der Waals surface area (Å²) in [5, 5.41) is 9.11. The molecule has 2 aromatic rings. The topological polar surface area (TPSA) is 96.6 Å². The monoisotopic (exact) mass is 343 g/mol. The lowest BCUT2D eigenvalue weighted by molar-refractivity contribution is -0.139. The molecule has 0 bridgehead atoms. The summed E-state index contributed by atoms with van der Waals surface area (Å²) in [6.07, 6.45) is 0.141. The molecular weight excluding hydrogens is 325 g/mol. The Morgan fingerprint density at radius 2 is 2.04 bits per heavy atom. The number of sulfonamides is 1. The highest BCUT2D eigenvalue weighted by Gasteiger charge is 2.30. The second-order valence-corrected chi connectivity index (χ2v) is 7.41. The van der Waals surface area contributed by atoms with E-state index in [-0.39, 0.29) is 23.5 Å². The van der Waals surface area contributed by atoms with Crippen molar-refractivity contribution in [2.75, 3.05) is 0 Å². The zero-order valence-electron chi connectivity index (χ0n) is 13.0. The van der Waals surface area contributed by atoms with Crippen molar-refractivity contribution in [3.63, 3.8) is 0 Å². The molecule has 0 fully saturated rings. The number of furan rings is 1. The van der Waals surface area contributed by atoms with Gasteiger partial charge in [-0.3, -0.25) is 4.79 Å². The maximum atomic E-state index is 13.3. The number of aryl methyl sites for hydroxylation is 1. The number of carbonyl (C=O) groups is 1. The summed E-state index contributed by atoms with van der Waals surface area (Å²) in [5.41, 5.74) is 0.459. The van der Waals surface area contributed by atoms with Crippen molar-refractivity contribution >= 4 is 27.0 Å². The standard InChI is InChI=1S/C15H18FNO5S/c1-8(2)6-12(14(18)19)17-23(20,21)15-9(3)11-7-10(16)4-5-13(11)22-15/h4-5,7-8,12,17H,6H2,1-3H3,(H,18,19)/t12-/m1/s1. The van der Waals surface area contributed by atoms with Crippen LogP contribution in [0, 0.1) is 18.7 Å². The molecule has 0 aliphatic carbocycles. The number of hydrogen-bond donors (Lipinski definition) is 2. The van der Waals surface area contributed by atoms with Crippen molar-refractivity contribution in [1.82, 2.24) is 4.72 Å². The molecule has 2 rings (SSSR count). The molecule has 0 aliphatic heterocycles. The van der Waals surface area contributed by atoms with E-state index in [1.807, 2.05) is 0 Å². The molecule has 0 saturated carbocycles. The van der Waals surface area contributed by atoms with E-state index in [9.17, 15) is 22.7 Å². The lowest BCUT2D eigenvalue weighted by Gasteiger charge is -2.15. The van der Waals surface area contributed by atoms with Gasteiger partial charge in [0.05, 0.1) is 0 Å². The summed E-state index contributed by atoms with van der Waals surface area (Å²) in [6.45, 7) is 5.07. The predicted molar refractivity (Wildman–Crippen MR) is 82.1 cm³/mol. The summed E-state index contributed by atoms with van der Waals surface area (Å²) in [7, 11) is -4.18. The molecule has 0 saturated heterocycles. The number of carboxylic acids is 1. The van der Waals surface area contributed by atoms with Crippen LogP contribution in [-0.4, -0.2) is 25.5 Å². The molecule has 0 unspecified atom stereocenters. The molecule has 1 heterocycles. The fourth-order valence-electron chi connectivity index (χ4n) is 2.34. The Labute approximate surface area is 133 Å². The average molecular weight is 343 g/mol. The minimum atomic E-state index is -4.18. The van der Waals surface area contributed by atoms with Gasteiger partial charge in [-0.15, -0.1) is 0 Å². The van der Waals surface area contributed by atoms with Gasteiger partial charge in [0.15, 0.2) is 0 Å². The van der Waals surface area contributed by atoms with Crippen LogP contribution in [0.2, 0.25) is 0 Å². The summed E-state index contributed by atoms with van der Waals surface area (Å²) in [4.78, 5) is 11.2. The van der Waals surface area contributed by atoms with Crippen molar-refractivity contribution in [3.05, 3.63) is 29.6 Å². The number of benzene rings is 1. The van der Waals surface area contributed by atoms with Crippen LogP contribution in [0.3, 0.4) is 0 Å². The molecule has 23 heavy (non-hydrogen) atoms. The van der Waals surface area contributed by atoms with Gasteiger partial charge in [0.2, 0.25) is 5.09 Å². The molecule has 1 aromatic carbocycles. The molecule has 1 atom stereocenters. The normalized spacial score (nSPS) is 13.6. The Hall–Kier alpha value is -1.93. The summed E-state index contributed by atoms with van der Waals surface area (Å²) in [6, 6.07) is 2.41. The molecule has 1 aromatic heterocycles. The maximum absolute atomic E-state index is 13.3. The van der Waals surface area contributed by atoms with Crippen LogP contribution in [0.25, 0.3) is 11.0 Å². The van der Waals surface area contributed by atoms with E-state index in [4.69, 9.17) is 4.42 Å². The van der Waals surface area contributed by atoms with Crippen LogP contribution in [0.4, 0.5) is 4.39 Å². The zero-order valence-corrected chi connectivity index (χ0v) is 13.8. The first-order valence-electron chi connectivity index (χ1n) is 7.05. The van der Waals surface area contributed by atoms with E-state index in [0.717, 1.165) is 6.07 Å². The van der Waals surface area contributed by atoms with E-state index in [1.165, 1.54) is 19.1 Å². The number of hydrogen-bond acceptors (Lipinski definition) is 4. The second kappa shape index (κ2) is 6.29. The zero-order chi connectivity index (χ0) is 17.4. The predicted octanol–water partition coefficient (Wildman–Crippen LogP) is 2.66. The lowest BCUT2D eigenvalue weighted by Crippen LogP contribution is -2.41. The molecule has 0 amide bonds. The minimum absolute atomic E-state index is 0.00957. The van der Waals surface area contributed by atoms with E-state index in [0.29, 0.717) is 5.39 Å². The van der Waals surface area contributed by atoms with Crippen LogP contribution in [-0.2, 0) is 14.8 Å². The molecule has 8 heteroatoms. The molecular formula is C15H18FNO5S. The highest BCUT2D eigenvalue weighted by atomic mass is 32.2. The Morgan fingerprint density at radius 3 is 2.61 bits per heavy atom. The number of carboxylic acid groups (broad SMARTS) is 1. The van der Waals surface area contributed by atoms with Gasteiger partial charge in [-0.1, -0.05) is 13.8 Å². The van der Waals surface area contributed by atoms with Crippen LogP contribution in [0.5, 0.6) is 0 Å². The van der Waals surface area contributed by atoms with E-state index in [1.54, 1.807) is 13.8 Å². The number of halogens is 1. The van der Waals surface area contributed by atoms with Crippen molar-refractivity contribution in [2.24, 2.45) is 5.92 Å². The van der Waals surface area contributed by atoms with E-state index in [2.05, 4.69) is 4.72 Å². The number of fused-ring (bicyclic) bond motifs is 1. The molecule has 0 spiro atoms. The fraction of sp³-hybridized carbons (Fsp3) is 0.400. The van der Waals surface area contributed by atoms with Gasteiger partial charge < -0.3 is 9.52 Å². The van der Waals surface area contributed by atoms with Crippen molar-refractivity contribution in [3.8, 4) is 0 Å². The summed E-state index contributed by atoms with van der Waals surface area (Å²) >= 11 is 0. The Morgan fingerprint density at radius 1 is 1.39 bits per heavy atom. The first-order valence-corrected chi connectivity index (χ1v) is 8.54. The largest absolute Gasteiger partial charge is 0.480 e. The Bertz CT molecular complexity index is 841. The quantitative estimate of drug-likeness (QED) is 0.840. The minimum Gasteiger partial charge on any atom is -0.480 e. The first kappa shape index (κ1) is 17.4. The number of aliphatic carboxylic acids is 1. The molecule has 2 N–H and O–H groups in total. The van der Waals surface area contributed by atoms with Gasteiger partial charge in [-0.25, -0.2) is 12.8 Å². The van der Waals surface area contributed by atoms with Gasteiger partial charge in [0, 0.05) is 10.9 Å². The second-order valence-electron chi connectivity index (χ2n) is 5.80.